The molecule has 0 saturated carbocycles. The zero-order valence-corrected chi connectivity index (χ0v) is 13.1. The number of nitrogens with zero attached hydrogens (tertiary/aromatic N) is 2. The highest BCUT2D eigenvalue weighted by atomic mass is 19.1. The van der Waals surface area contributed by atoms with Gasteiger partial charge in [0.05, 0.1) is 16.7 Å². The molecule has 6 heteroatoms. The highest BCUT2D eigenvalue weighted by Crippen LogP contribution is 2.16. The van der Waals surface area contributed by atoms with Crippen molar-refractivity contribution in [2.45, 2.75) is 6.54 Å². The lowest BCUT2D eigenvalue weighted by Gasteiger charge is -2.13. The third-order valence-corrected chi connectivity index (χ3v) is 4.09. The Morgan fingerprint density at radius 2 is 1.60 bits per heavy atom. The number of carbonyl (C=O) groups is 1. The quantitative estimate of drug-likeness (QED) is 0.626. The van der Waals surface area contributed by atoms with E-state index >= 15 is 0 Å². The van der Waals surface area contributed by atoms with Gasteiger partial charge in [0.15, 0.2) is 0 Å². The van der Waals surface area contributed by atoms with Gasteiger partial charge in [-0.1, -0.05) is 24.3 Å². The summed E-state index contributed by atoms with van der Waals surface area (Å²) >= 11 is 0. The van der Waals surface area contributed by atoms with Crippen LogP contribution in [0.15, 0.2) is 71.7 Å². The molecule has 2 heterocycles. The van der Waals surface area contributed by atoms with Gasteiger partial charge in [0.25, 0.3) is 5.56 Å². The van der Waals surface area contributed by atoms with E-state index in [-0.39, 0.29) is 17.8 Å². The fourth-order valence-corrected chi connectivity index (χ4v) is 2.96. The van der Waals surface area contributed by atoms with Crippen molar-refractivity contribution >= 4 is 28.1 Å². The number of rotatable bonds is 3. The van der Waals surface area contributed by atoms with Gasteiger partial charge in [0.2, 0.25) is 5.91 Å². The second-order valence-corrected chi connectivity index (χ2v) is 5.67. The summed E-state index contributed by atoms with van der Waals surface area (Å²) in [7, 11) is 0. The lowest BCUT2D eigenvalue weighted by Crippen LogP contribution is -2.29. The molecule has 5 nitrogen and oxygen atoms in total. The monoisotopic (exact) mass is 335 g/mol. The molecule has 1 amide bonds. The molecule has 1 N–H and O–H groups in total. The number of anilines is 1. The first kappa shape index (κ1) is 15.1. The van der Waals surface area contributed by atoms with E-state index in [1.54, 1.807) is 34.7 Å². The number of hydrogen-bond acceptors (Lipinski definition) is 2. The normalized spacial score (nSPS) is 11.1. The standard InChI is InChI=1S/C19H14FN3O2/c20-13-6-1-2-7-14(13)21-18(24)12-23-16-9-4-3-8-15(16)22-11-5-10-17(22)19(23)25/h1-11H,12H2,(H,21,24). The second-order valence-electron chi connectivity index (χ2n) is 5.67. The van der Waals surface area contributed by atoms with Gasteiger partial charge in [-0.15, -0.1) is 0 Å². The van der Waals surface area contributed by atoms with Crippen LogP contribution in [-0.4, -0.2) is 14.9 Å². The Labute approximate surface area is 141 Å². The van der Waals surface area contributed by atoms with E-state index in [4.69, 9.17) is 0 Å². The molecule has 0 aliphatic rings. The molecule has 0 fully saturated rings. The maximum absolute atomic E-state index is 13.7. The lowest BCUT2D eigenvalue weighted by atomic mass is 10.2. The summed E-state index contributed by atoms with van der Waals surface area (Å²) in [5, 5.41) is 2.51. The fraction of sp³-hybridized carbons (Fsp3) is 0.0526. The van der Waals surface area contributed by atoms with Crippen molar-refractivity contribution in [1.82, 2.24) is 8.97 Å². The Morgan fingerprint density at radius 1 is 0.920 bits per heavy atom. The Morgan fingerprint density at radius 3 is 2.40 bits per heavy atom. The number of nitrogens with one attached hydrogen (secondary N) is 1. The molecule has 0 atom stereocenters. The van der Waals surface area contributed by atoms with Crippen molar-refractivity contribution in [3.05, 3.63) is 83.0 Å². The Balaban J connectivity index is 1.78. The molecule has 0 unspecified atom stereocenters. The van der Waals surface area contributed by atoms with Gasteiger partial charge in [-0.05, 0) is 36.4 Å². The van der Waals surface area contributed by atoms with E-state index in [0.717, 1.165) is 5.52 Å². The SMILES string of the molecule is O=C(Cn1c(=O)c2cccn2c2ccccc21)Nc1ccccc1F. The summed E-state index contributed by atoms with van der Waals surface area (Å²) < 4.78 is 16.9. The van der Waals surface area contributed by atoms with Crippen LogP contribution in [0.25, 0.3) is 16.6 Å². The third kappa shape index (κ3) is 2.57. The number of fused-ring (bicyclic) bond motifs is 3. The van der Waals surface area contributed by atoms with Crippen LogP contribution in [0.1, 0.15) is 0 Å². The van der Waals surface area contributed by atoms with Crippen molar-refractivity contribution in [2.24, 2.45) is 0 Å². The number of hydrogen-bond donors (Lipinski definition) is 1. The van der Waals surface area contributed by atoms with Crippen LogP contribution in [0.5, 0.6) is 0 Å². The summed E-state index contributed by atoms with van der Waals surface area (Å²) in [6.07, 6.45) is 1.81. The molecule has 124 valence electrons. The molecule has 0 saturated heterocycles. The van der Waals surface area contributed by atoms with Crippen LogP contribution in [0.2, 0.25) is 0 Å². The van der Waals surface area contributed by atoms with Crippen LogP contribution >= 0.6 is 0 Å². The van der Waals surface area contributed by atoms with Crippen molar-refractivity contribution in [3.8, 4) is 0 Å². The summed E-state index contributed by atoms with van der Waals surface area (Å²) in [6, 6.07) is 16.8. The average molecular weight is 335 g/mol. The highest BCUT2D eigenvalue weighted by molar-refractivity contribution is 5.92. The van der Waals surface area contributed by atoms with Gasteiger partial charge < -0.3 is 9.72 Å². The van der Waals surface area contributed by atoms with E-state index in [0.29, 0.717) is 11.0 Å². The number of amides is 1. The van der Waals surface area contributed by atoms with Gasteiger partial charge >= 0.3 is 0 Å². The summed E-state index contributed by atoms with van der Waals surface area (Å²) in [6.45, 7) is -0.199. The van der Waals surface area contributed by atoms with Crippen LogP contribution in [-0.2, 0) is 11.3 Å². The number of carbonyl (C=O) groups excluding carboxylic acids is 1. The molecule has 25 heavy (non-hydrogen) atoms. The molecule has 2 aromatic heterocycles. The van der Waals surface area contributed by atoms with Gasteiger partial charge in [0, 0.05) is 6.20 Å². The first-order valence-electron chi connectivity index (χ1n) is 7.78. The first-order valence-corrected chi connectivity index (χ1v) is 7.78. The molecule has 0 aliphatic heterocycles. The molecule has 4 rings (SSSR count). The zero-order valence-electron chi connectivity index (χ0n) is 13.1. The fourth-order valence-electron chi connectivity index (χ4n) is 2.96. The topological polar surface area (TPSA) is 55.5 Å². The van der Waals surface area contributed by atoms with Gasteiger partial charge in [0.1, 0.15) is 17.9 Å². The summed E-state index contributed by atoms with van der Waals surface area (Å²) in [5.74, 6) is -0.983. The average Bonchev–Trinajstić information content (AvgIpc) is 3.11. The highest BCUT2D eigenvalue weighted by Gasteiger charge is 2.14. The second kappa shape index (κ2) is 5.90. The van der Waals surface area contributed by atoms with E-state index in [1.807, 2.05) is 24.4 Å². The Bertz CT molecular complexity index is 1160. The van der Waals surface area contributed by atoms with Crippen LogP contribution < -0.4 is 10.9 Å². The molecular formula is C19H14FN3O2. The van der Waals surface area contributed by atoms with Crippen molar-refractivity contribution in [1.29, 1.82) is 0 Å². The molecule has 0 spiro atoms. The largest absolute Gasteiger partial charge is 0.322 e. The van der Waals surface area contributed by atoms with Crippen molar-refractivity contribution < 1.29 is 9.18 Å². The smallest absolute Gasteiger partial charge is 0.275 e. The van der Waals surface area contributed by atoms with Crippen molar-refractivity contribution in [2.75, 3.05) is 5.32 Å². The maximum Gasteiger partial charge on any atom is 0.275 e. The number of halogens is 1. The maximum atomic E-state index is 13.7. The molecule has 0 radical (unpaired) electrons. The predicted molar refractivity (Wildman–Crippen MR) is 94.2 cm³/mol. The van der Waals surface area contributed by atoms with Crippen LogP contribution in [0, 0.1) is 5.82 Å². The zero-order chi connectivity index (χ0) is 17.4. The molecule has 0 aliphatic carbocycles. The number of benzene rings is 2. The lowest BCUT2D eigenvalue weighted by molar-refractivity contribution is -0.116. The molecule has 4 aromatic rings. The summed E-state index contributed by atoms with van der Waals surface area (Å²) in [4.78, 5) is 25.1. The minimum absolute atomic E-state index is 0.0913. The summed E-state index contributed by atoms with van der Waals surface area (Å²) in [5.41, 5.74) is 1.76. The van der Waals surface area contributed by atoms with Gasteiger partial charge in [-0.2, -0.15) is 0 Å². The van der Waals surface area contributed by atoms with E-state index < -0.39 is 11.7 Å². The minimum atomic E-state index is -0.518. The van der Waals surface area contributed by atoms with Crippen LogP contribution in [0.3, 0.4) is 0 Å². The first-order chi connectivity index (χ1) is 12.1. The number of aromatic nitrogens is 2. The van der Waals surface area contributed by atoms with E-state index in [1.165, 1.54) is 16.7 Å². The number of para-hydroxylation sites is 3. The van der Waals surface area contributed by atoms with E-state index in [2.05, 4.69) is 5.32 Å². The Hall–Kier alpha value is -3.41. The van der Waals surface area contributed by atoms with Gasteiger partial charge in [-0.25, -0.2) is 4.39 Å². The third-order valence-electron chi connectivity index (χ3n) is 4.09. The molecule has 2 aromatic carbocycles. The Kier molecular flexibility index (Phi) is 3.57. The predicted octanol–water partition coefficient (Wildman–Crippen LogP) is 3.03. The van der Waals surface area contributed by atoms with Gasteiger partial charge in [-0.3, -0.25) is 14.2 Å². The molecule has 0 bridgehead atoms. The van der Waals surface area contributed by atoms with Crippen molar-refractivity contribution in [3.63, 3.8) is 0 Å². The molecular weight excluding hydrogens is 321 g/mol. The van der Waals surface area contributed by atoms with E-state index in [9.17, 15) is 14.0 Å². The minimum Gasteiger partial charge on any atom is -0.322 e. The van der Waals surface area contributed by atoms with Crippen LogP contribution in [0.4, 0.5) is 10.1 Å².